The summed E-state index contributed by atoms with van der Waals surface area (Å²) in [6, 6.07) is 14.3. The summed E-state index contributed by atoms with van der Waals surface area (Å²) in [5.74, 6) is -0.287. The molecular weight excluding hydrogens is 363 g/mol. The standard InChI is InChI=1S/C20H17FN4O3/c21-15-9-7-14(8-10-15)18-23-17(28-24-18)12-25-19(26)16(22-20(25)27)11-6-13-4-2-1-3-5-13/h1-5,7-10,16H,6,11-12H2,(H,22,27)/t16-/m0/s1. The Morgan fingerprint density at radius 3 is 2.57 bits per heavy atom. The Morgan fingerprint density at radius 1 is 1.07 bits per heavy atom. The summed E-state index contributed by atoms with van der Waals surface area (Å²) < 4.78 is 18.2. The van der Waals surface area contributed by atoms with Crippen molar-refractivity contribution in [1.82, 2.24) is 20.4 Å². The van der Waals surface area contributed by atoms with E-state index in [1.165, 1.54) is 24.3 Å². The molecule has 1 saturated heterocycles. The van der Waals surface area contributed by atoms with Crippen LogP contribution in [0.15, 0.2) is 59.1 Å². The number of benzene rings is 2. The molecule has 0 spiro atoms. The van der Waals surface area contributed by atoms with Crippen molar-refractivity contribution in [2.45, 2.75) is 25.4 Å². The van der Waals surface area contributed by atoms with Gasteiger partial charge in [-0.05, 0) is 42.7 Å². The first-order chi connectivity index (χ1) is 13.6. The van der Waals surface area contributed by atoms with E-state index in [1.54, 1.807) is 0 Å². The summed E-state index contributed by atoms with van der Waals surface area (Å²) in [6.45, 7) is -0.110. The van der Waals surface area contributed by atoms with Crippen LogP contribution in [0, 0.1) is 5.82 Å². The number of carbonyl (C=O) groups is 2. The summed E-state index contributed by atoms with van der Waals surface area (Å²) in [5.41, 5.74) is 1.68. The fourth-order valence-corrected chi connectivity index (χ4v) is 3.05. The van der Waals surface area contributed by atoms with Gasteiger partial charge in [-0.15, -0.1) is 0 Å². The Balaban J connectivity index is 1.40. The molecule has 2 heterocycles. The zero-order valence-corrected chi connectivity index (χ0v) is 14.8. The number of carbonyl (C=O) groups excluding carboxylic acids is 2. The highest BCUT2D eigenvalue weighted by molar-refractivity contribution is 6.04. The van der Waals surface area contributed by atoms with Gasteiger partial charge in [0.1, 0.15) is 18.4 Å². The van der Waals surface area contributed by atoms with Crippen LogP contribution >= 0.6 is 0 Å². The topological polar surface area (TPSA) is 88.3 Å². The summed E-state index contributed by atoms with van der Waals surface area (Å²) in [5, 5.41) is 6.52. The van der Waals surface area contributed by atoms with Crippen LogP contribution < -0.4 is 5.32 Å². The number of hydrogen-bond donors (Lipinski definition) is 1. The van der Waals surface area contributed by atoms with Gasteiger partial charge in [-0.3, -0.25) is 9.69 Å². The van der Waals surface area contributed by atoms with Crippen molar-refractivity contribution in [2.24, 2.45) is 0 Å². The lowest BCUT2D eigenvalue weighted by atomic mass is 10.1. The smallest absolute Gasteiger partial charge is 0.325 e. The third-order valence-corrected chi connectivity index (χ3v) is 4.54. The largest absolute Gasteiger partial charge is 0.337 e. The maximum absolute atomic E-state index is 13.0. The van der Waals surface area contributed by atoms with E-state index in [0.717, 1.165) is 10.5 Å². The van der Waals surface area contributed by atoms with Crippen LogP contribution in [-0.2, 0) is 17.8 Å². The number of halogens is 1. The van der Waals surface area contributed by atoms with E-state index in [9.17, 15) is 14.0 Å². The molecular formula is C20H17FN4O3. The lowest BCUT2D eigenvalue weighted by Crippen LogP contribution is -2.31. The van der Waals surface area contributed by atoms with Gasteiger partial charge < -0.3 is 9.84 Å². The van der Waals surface area contributed by atoms with E-state index >= 15 is 0 Å². The average molecular weight is 380 g/mol. The molecule has 142 valence electrons. The number of rotatable bonds is 6. The highest BCUT2D eigenvalue weighted by Gasteiger charge is 2.38. The molecule has 4 rings (SSSR count). The third kappa shape index (κ3) is 3.75. The number of aryl methyl sites for hydroxylation is 1. The van der Waals surface area contributed by atoms with Crippen molar-refractivity contribution in [2.75, 3.05) is 0 Å². The highest BCUT2D eigenvalue weighted by Crippen LogP contribution is 2.19. The Bertz CT molecular complexity index is 988. The van der Waals surface area contributed by atoms with Crippen LogP contribution in [0.25, 0.3) is 11.4 Å². The summed E-state index contributed by atoms with van der Waals surface area (Å²) in [7, 11) is 0. The lowest BCUT2D eigenvalue weighted by Gasteiger charge is -2.10. The summed E-state index contributed by atoms with van der Waals surface area (Å²) in [6.07, 6.45) is 1.19. The second-order valence-electron chi connectivity index (χ2n) is 6.47. The number of amides is 3. The Hall–Kier alpha value is -3.55. The van der Waals surface area contributed by atoms with Crippen LogP contribution in [0.2, 0.25) is 0 Å². The van der Waals surface area contributed by atoms with E-state index in [0.29, 0.717) is 18.4 Å². The van der Waals surface area contributed by atoms with Crippen LogP contribution in [0.1, 0.15) is 17.9 Å². The third-order valence-electron chi connectivity index (χ3n) is 4.54. The molecule has 1 N–H and O–H groups in total. The fourth-order valence-electron chi connectivity index (χ4n) is 3.05. The molecule has 3 amide bonds. The normalized spacial score (nSPS) is 16.5. The predicted molar refractivity (Wildman–Crippen MR) is 97.3 cm³/mol. The van der Waals surface area contributed by atoms with E-state index in [1.807, 2.05) is 30.3 Å². The monoisotopic (exact) mass is 380 g/mol. The molecule has 1 aliphatic rings. The quantitative estimate of drug-likeness (QED) is 0.664. The Morgan fingerprint density at radius 2 is 1.82 bits per heavy atom. The molecule has 1 aliphatic heterocycles. The average Bonchev–Trinajstić information content (AvgIpc) is 3.28. The molecule has 1 aromatic heterocycles. The van der Waals surface area contributed by atoms with E-state index < -0.39 is 12.1 Å². The van der Waals surface area contributed by atoms with Gasteiger partial charge >= 0.3 is 6.03 Å². The van der Waals surface area contributed by atoms with Crippen molar-refractivity contribution in [3.8, 4) is 11.4 Å². The first-order valence-electron chi connectivity index (χ1n) is 8.84. The number of hydrogen-bond acceptors (Lipinski definition) is 5. The maximum atomic E-state index is 13.0. The minimum atomic E-state index is -0.577. The minimum Gasteiger partial charge on any atom is -0.337 e. The first-order valence-corrected chi connectivity index (χ1v) is 8.84. The summed E-state index contributed by atoms with van der Waals surface area (Å²) in [4.78, 5) is 30.0. The number of imide groups is 1. The van der Waals surface area contributed by atoms with Gasteiger partial charge in [-0.25, -0.2) is 9.18 Å². The van der Waals surface area contributed by atoms with Crippen LogP contribution in [0.3, 0.4) is 0 Å². The van der Waals surface area contributed by atoms with E-state index in [2.05, 4.69) is 15.5 Å². The number of nitrogens with one attached hydrogen (secondary N) is 1. The second kappa shape index (κ2) is 7.59. The molecule has 1 atom stereocenters. The van der Waals surface area contributed by atoms with E-state index in [4.69, 9.17) is 4.52 Å². The molecule has 7 nitrogen and oxygen atoms in total. The molecule has 0 bridgehead atoms. The van der Waals surface area contributed by atoms with Crippen LogP contribution in [-0.4, -0.2) is 33.0 Å². The summed E-state index contributed by atoms with van der Waals surface area (Å²) >= 11 is 0. The second-order valence-corrected chi connectivity index (χ2v) is 6.47. The van der Waals surface area contributed by atoms with Gasteiger partial charge in [0.25, 0.3) is 5.91 Å². The van der Waals surface area contributed by atoms with Crippen LogP contribution in [0.4, 0.5) is 9.18 Å². The molecule has 3 aromatic rings. The molecule has 8 heteroatoms. The van der Waals surface area contributed by atoms with Crippen molar-refractivity contribution in [3.63, 3.8) is 0 Å². The van der Waals surface area contributed by atoms with Crippen molar-refractivity contribution >= 4 is 11.9 Å². The minimum absolute atomic E-state index is 0.110. The fraction of sp³-hybridized carbons (Fsp3) is 0.200. The van der Waals surface area contributed by atoms with Crippen molar-refractivity contribution in [1.29, 1.82) is 0 Å². The number of urea groups is 1. The number of aromatic nitrogens is 2. The number of nitrogens with zero attached hydrogens (tertiary/aromatic N) is 3. The van der Waals surface area contributed by atoms with Gasteiger partial charge in [0, 0.05) is 5.56 Å². The Labute approximate surface area is 160 Å². The first kappa shape index (κ1) is 17.8. The van der Waals surface area contributed by atoms with Crippen LogP contribution in [0.5, 0.6) is 0 Å². The molecule has 0 saturated carbocycles. The van der Waals surface area contributed by atoms with Gasteiger partial charge in [-0.1, -0.05) is 35.5 Å². The zero-order valence-electron chi connectivity index (χ0n) is 14.8. The van der Waals surface area contributed by atoms with Gasteiger partial charge in [0.2, 0.25) is 11.7 Å². The highest BCUT2D eigenvalue weighted by atomic mass is 19.1. The molecule has 0 aliphatic carbocycles. The zero-order chi connectivity index (χ0) is 19.5. The van der Waals surface area contributed by atoms with Crippen molar-refractivity contribution < 1.29 is 18.5 Å². The van der Waals surface area contributed by atoms with E-state index in [-0.39, 0.29) is 30.0 Å². The molecule has 0 radical (unpaired) electrons. The van der Waals surface area contributed by atoms with Gasteiger partial charge in [0.05, 0.1) is 0 Å². The maximum Gasteiger partial charge on any atom is 0.325 e. The molecule has 0 unspecified atom stereocenters. The molecule has 1 fully saturated rings. The van der Waals surface area contributed by atoms with Crippen molar-refractivity contribution in [3.05, 3.63) is 71.9 Å². The Kier molecular flexibility index (Phi) is 4.84. The predicted octanol–water partition coefficient (Wildman–Crippen LogP) is 2.93. The SMILES string of the molecule is O=C1N[C@@H](CCc2ccccc2)C(=O)N1Cc1nc(-c2ccc(F)cc2)no1. The lowest BCUT2D eigenvalue weighted by molar-refractivity contribution is -0.128. The molecule has 28 heavy (non-hydrogen) atoms. The molecule has 2 aromatic carbocycles. The van der Waals surface area contributed by atoms with Gasteiger partial charge in [0.15, 0.2) is 0 Å². The van der Waals surface area contributed by atoms with Gasteiger partial charge in [-0.2, -0.15) is 4.98 Å².